The van der Waals surface area contributed by atoms with Crippen LogP contribution in [-0.2, 0) is 11.2 Å². The number of aliphatic carboxylic acids is 1. The van der Waals surface area contributed by atoms with E-state index in [1.54, 1.807) is 6.07 Å². The first-order chi connectivity index (χ1) is 8.24. The second-order valence-corrected chi connectivity index (χ2v) is 3.10. The van der Waals surface area contributed by atoms with Gasteiger partial charge in [0.05, 0.1) is 12.0 Å². The minimum atomic E-state index is -5.00. The molecule has 0 bridgehead atoms. The van der Waals surface area contributed by atoms with Crippen molar-refractivity contribution in [2.45, 2.75) is 12.8 Å². The number of carbonyl (C=O) groups is 1. The minimum Gasteiger partial charge on any atom is -0.481 e. The lowest BCUT2D eigenvalue weighted by Gasteiger charge is -2.12. The van der Waals surface area contributed by atoms with Gasteiger partial charge in [0.1, 0.15) is 11.8 Å². The molecule has 0 saturated carbocycles. The van der Waals surface area contributed by atoms with Crippen molar-refractivity contribution in [1.29, 1.82) is 5.26 Å². The van der Waals surface area contributed by atoms with Gasteiger partial charge in [0.25, 0.3) is 0 Å². The van der Waals surface area contributed by atoms with Crippen molar-refractivity contribution in [1.82, 2.24) is 4.98 Å². The van der Waals surface area contributed by atoms with E-state index in [1.165, 1.54) is 0 Å². The molecule has 0 atom stereocenters. The van der Waals surface area contributed by atoms with Gasteiger partial charge in [-0.15, -0.1) is 13.2 Å². The molecule has 18 heavy (non-hydrogen) atoms. The highest BCUT2D eigenvalue weighted by molar-refractivity contribution is 5.75. The van der Waals surface area contributed by atoms with E-state index in [0.717, 1.165) is 6.20 Å². The Hall–Kier alpha value is -2.50. The normalized spacial score (nSPS) is 10.8. The molecule has 1 aromatic heterocycles. The molecule has 0 aromatic carbocycles. The number of carboxylic acids is 1. The summed E-state index contributed by atoms with van der Waals surface area (Å²) in [6, 6.07) is 1.59. The van der Waals surface area contributed by atoms with Crippen molar-refractivity contribution in [2.75, 3.05) is 5.73 Å². The van der Waals surface area contributed by atoms with Crippen molar-refractivity contribution in [3.63, 3.8) is 0 Å². The summed E-state index contributed by atoms with van der Waals surface area (Å²) in [6.07, 6.45) is -4.93. The maximum atomic E-state index is 12.0. The highest BCUT2D eigenvalue weighted by Crippen LogP contribution is 2.30. The van der Waals surface area contributed by atoms with Crippen molar-refractivity contribution in [3.05, 3.63) is 17.3 Å². The molecule has 9 heteroatoms. The third-order valence-electron chi connectivity index (χ3n) is 1.85. The Morgan fingerprint density at radius 2 is 2.22 bits per heavy atom. The molecule has 0 saturated heterocycles. The average Bonchev–Trinajstić information content (AvgIpc) is 2.22. The lowest BCUT2D eigenvalue weighted by molar-refractivity contribution is -0.275. The molecule has 96 valence electrons. The zero-order valence-electron chi connectivity index (χ0n) is 8.65. The number of halogens is 3. The van der Waals surface area contributed by atoms with E-state index >= 15 is 0 Å². The van der Waals surface area contributed by atoms with Gasteiger partial charge < -0.3 is 15.6 Å². The number of pyridine rings is 1. The quantitative estimate of drug-likeness (QED) is 0.841. The monoisotopic (exact) mass is 261 g/mol. The molecular formula is C9H6F3N3O3. The molecule has 0 aliphatic carbocycles. The van der Waals surface area contributed by atoms with Crippen LogP contribution < -0.4 is 10.5 Å². The van der Waals surface area contributed by atoms with Crippen molar-refractivity contribution in [3.8, 4) is 11.9 Å². The van der Waals surface area contributed by atoms with Crippen LogP contribution in [0.15, 0.2) is 6.20 Å². The van der Waals surface area contributed by atoms with E-state index in [0.29, 0.717) is 0 Å². The predicted octanol–water partition coefficient (Wildman–Crippen LogP) is 1.06. The molecule has 0 fully saturated rings. The smallest absolute Gasteiger partial charge is 0.481 e. The number of nitrogen functional groups attached to an aromatic ring is 1. The number of aromatic nitrogens is 1. The number of nitriles is 1. The van der Waals surface area contributed by atoms with Gasteiger partial charge in [-0.3, -0.25) is 4.79 Å². The summed E-state index contributed by atoms with van der Waals surface area (Å²) in [4.78, 5) is 13.8. The van der Waals surface area contributed by atoms with Crippen LogP contribution in [-0.4, -0.2) is 22.4 Å². The molecule has 0 aliphatic heterocycles. The Morgan fingerprint density at radius 3 is 2.67 bits per heavy atom. The Bertz CT molecular complexity index is 522. The van der Waals surface area contributed by atoms with Gasteiger partial charge in [0, 0.05) is 11.8 Å². The summed E-state index contributed by atoms with van der Waals surface area (Å²) in [7, 11) is 0. The zero-order valence-corrected chi connectivity index (χ0v) is 8.65. The SMILES string of the molecule is N#Cc1cnc(OC(F)(F)F)c(N)c1CC(=O)O. The summed E-state index contributed by atoms with van der Waals surface area (Å²) in [6.45, 7) is 0. The van der Waals surface area contributed by atoms with Gasteiger partial charge in [-0.1, -0.05) is 0 Å². The Labute approximate surface area is 98.4 Å². The van der Waals surface area contributed by atoms with E-state index in [4.69, 9.17) is 16.1 Å². The summed E-state index contributed by atoms with van der Waals surface area (Å²) in [5.74, 6) is -2.32. The zero-order chi connectivity index (χ0) is 13.9. The minimum absolute atomic E-state index is 0.218. The topological polar surface area (TPSA) is 109 Å². The van der Waals surface area contributed by atoms with Crippen LogP contribution in [0.1, 0.15) is 11.1 Å². The summed E-state index contributed by atoms with van der Waals surface area (Å²) >= 11 is 0. The van der Waals surface area contributed by atoms with E-state index in [-0.39, 0.29) is 11.1 Å². The molecule has 0 unspecified atom stereocenters. The van der Waals surface area contributed by atoms with Crippen LogP contribution in [0.3, 0.4) is 0 Å². The van der Waals surface area contributed by atoms with Gasteiger partial charge in [-0.2, -0.15) is 5.26 Å². The first-order valence-electron chi connectivity index (χ1n) is 4.39. The lowest BCUT2D eigenvalue weighted by atomic mass is 10.1. The second kappa shape index (κ2) is 4.79. The fourth-order valence-corrected chi connectivity index (χ4v) is 1.17. The van der Waals surface area contributed by atoms with Crippen molar-refractivity contribution >= 4 is 11.7 Å². The highest BCUT2D eigenvalue weighted by Gasteiger charge is 2.33. The third-order valence-corrected chi connectivity index (χ3v) is 1.85. The summed E-state index contributed by atoms with van der Waals surface area (Å²) in [5, 5.41) is 17.3. The largest absolute Gasteiger partial charge is 0.574 e. The standard InChI is InChI=1S/C9H6F3N3O3/c10-9(11,12)18-8-7(14)5(1-6(16)17)4(2-13)3-15-8/h3H,1,14H2,(H,16,17). The van der Waals surface area contributed by atoms with Crippen LogP contribution in [0.4, 0.5) is 18.9 Å². The molecule has 0 aliphatic rings. The molecule has 1 rings (SSSR count). The first-order valence-corrected chi connectivity index (χ1v) is 4.39. The molecule has 3 N–H and O–H groups in total. The van der Waals surface area contributed by atoms with E-state index < -0.39 is 30.3 Å². The number of hydrogen-bond donors (Lipinski definition) is 2. The number of anilines is 1. The molecule has 0 amide bonds. The molecule has 6 nitrogen and oxygen atoms in total. The number of alkyl halides is 3. The maximum absolute atomic E-state index is 12.0. The van der Waals surface area contributed by atoms with Gasteiger partial charge in [0.2, 0.25) is 5.88 Å². The first kappa shape index (κ1) is 13.6. The maximum Gasteiger partial charge on any atom is 0.574 e. The van der Waals surface area contributed by atoms with Crippen molar-refractivity contribution in [2.24, 2.45) is 0 Å². The highest BCUT2D eigenvalue weighted by atomic mass is 19.4. The summed E-state index contributed by atoms with van der Waals surface area (Å²) in [5.41, 5.74) is 4.21. The molecule has 1 aromatic rings. The van der Waals surface area contributed by atoms with E-state index in [2.05, 4.69) is 9.72 Å². The molecular weight excluding hydrogens is 255 g/mol. The number of carboxylic acid groups (broad SMARTS) is 1. The number of nitrogens with zero attached hydrogens (tertiary/aromatic N) is 2. The van der Waals surface area contributed by atoms with Gasteiger partial charge >= 0.3 is 12.3 Å². The Balaban J connectivity index is 3.26. The molecule has 0 spiro atoms. The van der Waals surface area contributed by atoms with Crippen LogP contribution in [0.2, 0.25) is 0 Å². The number of rotatable bonds is 3. The van der Waals surface area contributed by atoms with Gasteiger partial charge in [-0.05, 0) is 0 Å². The molecule has 1 heterocycles. The Kier molecular flexibility index (Phi) is 3.61. The fraction of sp³-hybridized carbons (Fsp3) is 0.222. The van der Waals surface area contributed by atoms with Crippen LogP contribution >= 0.6 is 0 Å². The lowest BCUT2D eigenvalue weighted by Crippen LogP contribution is -2.20. The average molecular weight is 261 g/mol. The van der Waals surface area contributed by atoms with Gasteiger partial charge in [0.15, 0.2) is 0 Å². The van der Waals surface area contributed by atoms with Crippen molar-refractivity contribution < 1.29 is 27.8 Å². The van der Waals surface area contributed by atoms with Crippen LogP contribution in [0, 0.1) is 11.3 Å². The fourth-order valence-electron chi connectivity index (χ4n) is 1.17. The molecule has 0 radical (unpaired) electrons. The predicted molar refractivity (Wildman–Crippen MR) is 51.4 cm³/mol. The number of hydrogen-bond acceptors (Lipinski definition) is 5. The number of nitrogens with two attached hydrogens (primary N) is 1. The number of ether oxygens (including phenoxy) is 1. The third kappa shape index (κ3) is 3.24. The Morgan fingerprint density at radius 1 is 1.61 bits per heavy atom. The van der Waals surface area contributed by atoms with Crippen LogP contribution in [0.5, 0.6) is 5.88 Å². The second-order valence-electron chi connectivity index (χ2n) is 3.10. The van der Waals surface area contributed by atoms with E-state index in [9.17, 15) is 18.0 Å². The summed E-state index contributed by atoms with van der Waals surface area (Å²) < 4.78 is 39.5. The van der Waals surface area contributed by atoms with Gasteiger partial charge in [-0.25, -0.2) is 4.98 Å². The van der Waals surface area contributed by atoms with E-state index in [1.807, 2.05) is 0 Å². The van der Waals surface area contributed by atoms with Crippen LogP contribution in [0.25, 0.3) is 0 Å².